The van der Waals surface area contributed by atoms with Crippen LogP contribution in [0.1, 0.15) is 22.1 Å². The van der Waals surface area contributed by atoms with Crippen molar-refractivity contribution in [2.24, 2.45) is 0 Å². The first kappa shape index (κ1) is 17.4. The Morgan fingerprint density at radius 3 is 2.85 bits per heavy atom. The van der Waals surface area contributed by atoms with E-state index >= 15 is 0 Å². The summed E-state index contributed by atoms with van der Waals surface area (Å²) in [6.45, 7) is 0.888. The highest BCUT2D eigenvalue weighted by Gasteiger charge is 2.33. The largest absolute Gasteiger partial charge is 0.454 e. The molecule has 1 aromatic carbocycles. The molecule has 3 heterocycles. The molecule has 1 saturated heterocycles. The molecule has 8 heteroatoms. The average Bonchev–Trinajstić information content (AvgIpc) is 3.26. The van der Waals surface area contributed by atoms with Crippen LogP contribution in [-0.4, -0.2) is 44.9 Å². The summed E-state index contributed by atoms with van der Waals surface area (Å²) in [7, 11) is -3.25. The number of hydrogen-bond acceptors (Lipinski definition) is 6. The van der Waals surface area contributed by atoms with Crippen LogP contribution < -0.4 is 9.47 Å². The van der Waals surface area contributed by atoms with Crippen LogP contribution in [0.4, 0.5) is 0 Å². The summed E-state index contributed by atoms with van der Waals surface area (Å²) >= 11 is 1.46. The molecule has 0 saturated carbocycles. The lowest BCUT2D eigenvalue weighted by Crippen LogP contribution is -2.34. The molecular formula is C18H19NO5S2. The monoisotopic (exact) mass is 393 g/mol. The number of nitrogens with zero attached hydrogens (tertiary/aromatic N) is 1. The highest BCUT2D eigenvalue weighted by atomic mass is 32.2. The van der Waals surface area contributed by atoms with Crippen LogP contribution in [0.3, 0.4) is 0 Å². The van der Waals surface area contributed by atoms with E-state index in [-0.39, 0.29) is 31.4 Å². The standard InChI is InChI=1S/C18H19NO5S2/c20-18(11-13-3-4-14-15(10-13)24-12-23-14)19-6-5-17(16-2-1-8-25-16)26(21,22)9-7-19/h1-4,8,10,17H,5-7,9,11-12H2. The Hall–Kier alpha value is -2.06. The summed E-state index contributed by atoms with van der Waals surface area (Å²) in [4.78, 5) is 15.2. The summed E-state index contributed by atoms with van der Waals surface area (Å²) in [5, 5.41) is 1.38. The molecule has 1 atom stereocenters. The molecule has 0 spiro atoms. The van der Waals surface area contributed by atoms with Gasteiger partial charge in [0.25, 0.3) is 0 Å². The van der Waals surface area contributed by atoms with Crippen LogP contribution in [0.15, 0.2) is 35.7 Å². The Balaban J connectivity index is 1.46. The van der Waals surface area contributed by atoms with E-state index in [1.807, 2.05) is 29.6 Å². The van der Waals surface area contributed by atoms with E-state index in [9.17, 15) is 13.2 Å². The predicted molar refractivity (Wildman–Crippen MR) is 98.3 cm³/mol. The summed E-state index contributed by atoms with van der Waals surface area (Å²) in [5.74, 6) is 1.26. The van der Waals surface area contributed by atoms with Crippen molar-refractivity contribution in [2.45, 2.75) is 18.1 Å². The van der Waals surface area contributed by atoms with Gasteiger partial charge in [0, 0.05) is 18.0 Å². The van der Waals surface area contributed by atoms with Gasteiger partial charge in [0.1, 0.15) is 0 Å². The number of thiophene rings is 1. The van der Waals surface area contributed by atoms with Crippen LogP contribution in [0, 0.1) is 0 Å². The van der Waals surface area contributed by atoms with Gasteiger partial charge in [0.2, 0.25) is 12.7 Å². The maximum Gasteiger partial charge on any atom is 0.231 e. The number of carbonyl (C=O) groups is 1. The minimum Gasteiger partial charge on any atom is -0.454 e. The van der Waals surface area contributed by atoms with Gasteiger partial charge in [-0.3, -0.25) is 4.79 Å². The van der Waals surface area contributed by atoms with Crippen LogP contribution >= 0.6 is 11.3 Å². The van der Waals surface area contributed by atoms with E-state index in [1.165, 1.54) is 11.3 Å². The van der Waals surface area contributed by atoms with E-state index < -0.39 is 15.1 Å². The third kappa shape index (κ3) is 3.43. The smallest absolute Gasteiger partial charge is 0.231 e. The molecule has 2 aliphatic rings. The number of amides is 1. The van der Waals surface area contributed by atoms with Crippen molar-refractivity contribution in [1.82, 2.24) is 4.90 Å². The highest BCUT2D eigenvalue weighted by Crippen LogP contribution is 2.34. The van der Waals surface area contributed by atoms with Crippen molar-refractivity contribution in [1.29, 1.82) is 0 Å². The Bertz CT molecular complexity index is 908. The number of benzene rings is 1. The van der Waals surface area contributed by atoms with Crippen molar-refractivity contribution in [3.05, 3.63) is 46.2 Å². The maximum absolute atomic E-state index is 12.7. The Kier molecular flexibility index (Phi) is 4.62. The molecule has 2 aliphatic heterocycles. The number of fused-ring (bicyclic) bond motifs is 1. The average molecular weight is 393 g/mol. The fourth-order valence-corrected chi connectivity index (χ4v) is 6.33. The molecular weight excluding hydrogens is 374 g/mol. The first-order valence-corrected chi connectivity index (χ1v) is 11.0. The highest BCUT2D eigenvalue weighted by molar-refractivity contribution is 7.91. The lowest BCUT2D eigenvalue weighted by atomic mass is 10.1. The van der Waals surface area contributed by atoms with E-state index in [0.29, 0.717) is 24.5 Å². The lowest BCUT2D eigenvalue weighted by molar-refractivity contribution is -0.130. The predicted octanol–water partition coefficient (Wildman–Crippen LogP) is 2.41. The third-order valence-electron chi connectivity index (χ3n) is 4.75. The van der Waals surface area contributed by atoms with Gasteiger partial charge in [0.05, 0.1) is 17.4 Å². The van der Waals surface area contributed by atoms with E-state index in [4.69, 9.17) is 9.47 Å². The zero-order chi connectivity index (χ0) is 18.1. The Morgan fingerprint density at radius 1 is 1.19 bits per heavy atom. The quantitative estimate of drug-likeness (QED) is 0.801. The second-order valence-electron chi connectivity index (χ2n) is 6.40. The molecule has 26 heavy (non-hydrogen) atoms. The second kappa shape index (κ2) is 6.92. The lowest BCUT2D eigenvalue weighted by Gasteiger charge is -2.20. The van der Waals surface area contributed by atoms with Crippen molar-refractivity contribution in [2.75, 3.05) is 25.6 Å². The fourth-order valence-electron chi connectivity index (χ4n) is 3.32. The molecule has 0 bridgehead atoms. The molecule has 138 valence electrons. The fraction of sp³-hybridized carbons (Fsp3) is 0.389. The summed E-state index contributed by atoms with van der Waals surface area (Å²) in [6, 6.07) is 9.17. The minimum absolute atomic E-state index is 0.00243. The van der Waals surface area contributed by atoms with Gasteiger partial charge >= 0.3 is 0 Å². The first-order chi connectivity index (χ1) is 12.5. The molecule has 0 aliphatic carbocycles. The SMILES string of the molecule is O=C(Cc1ccc2c(c1)OCO2)N1CCC(c2cccs2)S(=O)(=O)CC1. The van der Waals surface area contributed by atoms with Crippen molar-refractivity contribution in [3.63, 3.8) is 0 Å². The van der Waals surface area contributed by atoms with Crippen LogP contribution in [0.5, 0.6) is 11.5 Å². The van der Waals surface area contributed by atoms with Crippen LogP contribution in [-0.2, 0) is 21.1 Å². The summed E-state index contributed by atoms with van der Waals surface area (Å²) < 4.78 is 35.8. The van der Waals surface area contributed by atoms with E-state index in [2.05, 4.69) is 0 Å². The van der Waals surface area contributed by atoms with E-state index in [0.717, 1.165) is 10.4 Å². The second-order valence-corrected chi connectivity index (χ2v) is 9.69. The molecule has 6 nitrogen and oxygen atoms in total. The number of hydrogen-bond donors (Lipinski definition) is 0. The topological polar surface area (TPSA) is 72.9 Å². The van der Waals surface area contributed by atoms with Gasteiger partial charge in [0.15, 0.2) is 21.3 Å². The number of sulfone groups is 1. The molecule has 1 amide bonds. The van der Waals surface area contributed by atoms with Gasteiger partial charge in [-0.15, -0.1) is 11.3 Å². The summed E-state index contributed by atoms with van der Waals surface area (Å²) in [6.07, 6.45) is 0.663. The molecule has 1 fully saturated rings. The first-order valence-electron chi connectivity index (χ1n) is 8.44. The van der Waals surface area contributed by atoms with Crippen molar-refractivity contribution in [3.8, 4) is 11.5 Å². The molecule has 1 unspecified atom stereocenters. The Morgan fingerprint density at radius 2 is 2.04 bits per heavy atom. The van der Waals surface area contributed by atoms with Crippen molar-refractivity contribution < 1.29 is 22.7 Å². The normalized spacial score (nSPS) is 21.4. The molecule has 1 aromatic heterocycles. The van der Waals surface area contributed by atoms with E-state index in [1.54, 1.807) is 11.0 Å². The van der Waals surface area contributed by atoms with Gasteiger partial charge in [-0.2, -0.15) is 0 Å². The Labute approximate surface area is 156 Å². The van der Waals surface area contributed by atoms with Crippen LogP contribution in [0.2, 0.25) is 0 Å². The van der Waals surface area contributed by atoms with Gasteiger partial charge in [-0.05, 0) is 35.6 Å². The van der Waals surface area contributed by atoms with Crippen molar-refractivity contribution >= 4 is 27.1 Å². The number of ether oxygens (including phenoxy) is 2. The zero-order valence-electron chi connectivity index (χ0n) is 14.1. The van der Waals surface area contributed by atoms with Crippen LogP contribution in [0.25, 0.3) is 0 Å². The number of rotatable bonds is 3. The molecule has 0 radical (unpaired) electrons. The number of carbonyl (C=O) groups excluding carboxylic acids is 1. The summed E-state index contributed by atoms with van der Waals surface area (Å²) in [5.41, 5.74) is 0.834. The minimum atomic E-state index is -3.25. The molecule has 0 N–H and O–H groups in total. The third-order valence-corrected chi connectivity index (χ3v) is 7.99. The molecule has 2 aromatic rings. The van der Waals surface area contributed by atoms with Gasteiger partial charge in [-0.1, -0.05) is 12.1 Å². The maximum atomic E-state index is 12.7. The molecule has 4 rings (SSSR count). The van der Waals surface area contributed by atoms with Gasteiger partial charge in [-0.25, -0.2) is 8.42 Å². The zero-order valence-corrected chi connectivity index (χ0v) is 15.7. The van der Waals surface area contributed by atoms with Gasteiger partial charge < -0.3 is 14.4 Å².